The van der Waals surface area contributed by atoms with Crippen LogP contribution in [0.2, 0.25) is 0 Å². The van der Waals surface area contributed by atoms with Crippen molar-refractivity contribution in [2.45, 2.75) is 85.2 Å². The van der Waals surface area contributed by atoms with E-state index in [-0.39, 0.29) is 24.4 Å². The van der Waals surface area contributed by atoms with Crippen LogP contribution in [0, 0.1) is 5.41 Å². The highest BCUT2D eigenvalue weighted by molar-refractivity contribution is 5.84. The van der Waals surface area contributed by atoms with Gasteiger partial charge in [0.15, 0.2) is 0 Å². The Kier molecular flexibility index (Phi) is 12.8. The average molecular weight is 358 g/mol. The molecule has 0 aromatic rings. The van der Waals surface area contributed by atoms with Crippen molar-refractivity contribution >= 4 is 11.7 Å². The van der Waals surface area contributed by atoms with Crippen molar-refractivity contribution in [3.8, 4) is 0 Å². The van der Waals surface area contributed by atoms with Crippen LogP contribution in [0.1, 0.15) is 79.1 Å². The Balaban J connectivity index is 3.92. The fraction of sp³-hybridized carbons (Fsp3) is 0.900. The highest BCUT2D eigenvalue weighted by atomic mass is 16.5. The molecule has 1 atom stereocenters. The van der Waals surface area contributed by atoms with Crippen LogP contribution in [0.25, 0.3) is 0 Å². The monoisotopic (exact) mass is 357 g/mol. The van der Waals surface area contributed by atoms with Crippen LogP contribution >= 0.6 is 0 Å². The van der Waals surface area contributed by atoms with E-state index in [1.54, 1.807) is 4.90 Å². The molecule has 0 spiro atoms. The van der Waals surface area contributed by atoms with E-state index >= 15 is 0 Å². The first-order chi connectivity index (χ1) is 11.8. The molecule has 5 nitrogen and oxygen atoms in total. The van der Waals surface area contributed by atoms with Crippen molar-refractivity contribution in [2.75, 3.05) is 26.8 Å². The molecule has 0 bridgehead atoms. The highest BCUT2D eigenvalue weighted by Crippen LogP contribution is 2.27. The van der Waals surface area contributed by atoms with Gasteiger partial charge in [0, 0.05) is 45.1 Å². The second kappa shape index (κ2) is 13.3. The maximum atomic E-state index is 12.3. The predicted molar refractivity (Wildman–Crippen MR) is 102 cm³/mol. The molecule has 0 heterocycles. The molecule has 25 heavy (non-hydrogen) atoms. The third-order valence-corrected chi connectivity index (χ3v) is 4.93. The van der Waals surface area contributed by atoms with E-state index in [4.69, 9.17) is 9.84 Å². The molecule has 0 radical (unpaired) electrons. The van der Waals surface area contributed by atoms with E-state index in [0.29, 0.717) is 25.9 Å². The summed E-state index contributed by atoms with van der Waals surface area (Å²) in [6.07, 6.45) is 6.10. The number of unbranched alkanes of at least 4 members (excludes halogenated alkanes) is 3. The van der Waals surface area contributed by atoms with Crippen LogP contribution in [0.5, 0.6) is 0 Å². The smallest absolute Gasteiger partial charge is 0.222 e. The van der Waals surface area contributed by atoms with Crippen LogP contribution in [-0.2, 0) is 14.3 Å². The van der Waals surface area contributed by atoms with E-state index in [1.807, 2.05) is 27.8 Å². The summed E-state index contributed by atoms with van der Waals surface area (Å²) in [6, 6.07) is 0. The van der Waals surface area contributed by atoms with E-state index < -0.39 is 5.41 Å². The third kappa shape index (κ3) is 9.95. The summed E-state index contributed by atoms with van der Waals surface area (Å²) in [5.41, 5.74) is -0.506. The van der Waals surface area contributed by atoms with E-state index in [9.17, 15) is 9.59 Å². The minimum Gasteiger partial charge on any atom is -0.396 e. The molecule has 0 fully saturated rings. The Morgan fingerprint density at radius 3 is 2.32 bits per heavy atom. The molecule has 1 unspecified atom stereocenters. The second-order valence-corrected chi connectivity index (χ2v) is 7.46. The third-order valence-electron chi connectivity index (χ3n) is 4.93. The Hall–Kier alpha value is -0.940. The van der Waals surface area contributed by atoms with E-state index in [2.05, 4.69) is 6.92 Å². The topological polar surface area (TPSA) is 66.8 Å². The van der Waals surface area contributed by atoms with Crippen molar-refractivity contribution in [1.82, 2.24) is 4.90 Å². The van der Waals surface area contributed by atoms with Crippen molar-refractivity contribution in [3.63, 3.8) is 0 Å². The minimum absolute atomic E-state index is 0.133. The summed E-state index contributed by atoms with van der Waals surface area (Å²) < 4.78 is 5.86. The van der Waals surface area contributed by atoms with Crippen LogP contribution in [0.4, 0.5) is 0 Å². The van der Waals surface area contributed by atoms with Crippen molar-refractivity contribution < 1.29 is 19.4 Å². The lowest BCUT2D eigenvalue weighted by molar-refractivity contribution is -0.135. The van der Waals surface area contributed by atoms with E-state index in [1.165, 1.54) is 0 Å². The van der Waals surface area contributed by atoms with Gasteiger partial charge in [-0.3, -0.25) is 9.59 Å². The number of aliphatic hydroxyl groups excluding tert-OH is 1. The fourth-order valence-electron chi connectivity index (χ4n) is 2.62. The minimum atomic E-state index is -0.506. The first kappa shape index (κ1) is 24.1. The second-order valence-electron chi connectivity index (χ2n) is 7.46. The Morgan fingerprint density at radius 1 is 1.08 bits per heavy atom. The van der Waals surface area contributed by atoms with Crippen molar-refractivity contribution in [3.05, 3.63) is 0 Å². The van der Waals surface area contributed by atoms with Gasteiger partial charge in [-0.05, 0) is 39.0 Å². The maximum absolute atomic E-state index is 12.3. The summed E-state index contributed by atoms with van der Waals surface area (Å²) in [5.74, 6) is 0.406. The molecule has 0 aliphatic rings. The molecule has 5 heteroatoms. The molecule has 1 N–H and O–H groups in total. The summed E-state index contributed by atoms with van der Waals surface area (Å²) in [7, 11) is 1.86. The molecule has 148 valence electrons. The zero-order valence-corrected chi connectivity index (χ0v) is 17.0. The normalized spacial score (nSPS) is 12.9. The number of carbonyl (C=O) groups excluding carboxylic acids is 2. The highest BCUT2D eigenvalue weighted by Gasteiger charge is 2.33. The summed E-state index contributed by atoms with van der Waals surface area (Å²) in [4.78, 5) is 25.9. The molecule has 0 aliphatic carbocycles. The largest absolute Gasteiger partial charge is 0.396 e. The van der Waals surface area contributed by atoms with Gasteiger partial charge in [-0.1, -0.05) is 27.2 Å². The summed E-state index contributed by atoms with van der Waals surface area (Å²) in [6.45, 7) is 9.46. The van der Waals surface area contributed by atoms with Gasteiger partial charge in [-0.2, -0.15) is 0 Å². The maximum Gasteiger partial charge on any atom is 0.222 e. The molecule has 0 saturated carbocycles. The Labute approximate surface area is 154 Å². The Bertz CT molecular complexity index is 382. The molecule has 0 aromatic heterocycles. The van der Waals surface area contributed by atoms with Gasteiger partial charge >= 0.3 is 0 Å². The number of ether oxygens (including phenoxy) is 1. The SMILES string of the molecule is CCCN(C)C(=O)CCCCCOC(C)C(C)(C)C(=O)CCCCO. The van der Waals surface area contributed by atoms with E-state index in [0.717, 1.165) is 38.6 Å². The van der Waals surface area contributed by atoms with Crippen molar-refractivity contribution in [1.29, 1.82) is 0 Å². The summed E-state index contributed by atoms with van der Waals surface area (Å²) >= 11 is 0. The van der Waals surface area contributed by atoms with Crippen LogP contribution in [0.15, 0.2) is 0 Å². The number of rotatable bonds is 15. The first-order valence-electron chi connectivity index (χ1n) is 9.77. The van der Waals surface area contributed by atoms with Crippen LogP contribution in [-0.4, -0.2) is 54.6 Å². The standard InChI is InChI=1S/C20H39NO4/c1-6-14-21(5)19(24)13-8-7-11-16-25-17(2)20(3,4)18(23)12-9-10-15-22/h17,22H,6-16H2,1-5H3. The number of carbonyl (C=O) groups is 2. The number of nitrogens with zero attached hydrogens (tertiary/aromatic N) is 1. The predicted octanol–water partition coefficient (Wildman–Crippen LogP) is 3.58. The number of hydrogen-bond acceptors (Lipinski definition) is 4. The number of ketones is 1. The van der Waals surface area contributed by atoms with Gasteiger partial charge in [0.05, 0.1) is 6.10 Å². The number of amides is 1. The molecular weight excluding hydrogens is 318 g/mol. The van der Waals surface area contributed by atoms with Gasteiger partial charge in [-0.15, -0.1) is 0 Å². The first-order valence-corrected chi connectivity index (χ1v) is 9.77. The number of hydrogen-bond donors (Lipinski definition) is 1. The summed E-state index contributed by atoms with van der Waals surface area (Å²) in [5, 5.41) is 8.81. The molecule has 0 rings (SSSR count). The fourth-order valence-corrected chi connectivity index (χ4v) is 2.62. The molecule has 0 aromatic carbocycles. The molecule has 0 saturated heterocycles. The van der Waals surface area contributed by atoms with Crippen molar-refractivity contribution in [2.24, 2.45) is 5.41 Å². The lowest BCUT2D eigenvalue weighted by Gasteiger charge is -2.30. The van der Waals surface area contributed by atoms with Gasteiger partial charge in [0.25, 0.3) is 0 Å². The van der Waals surface area contributed by atoms with Gasteiger partial charge in [0.1, 0.15) is 5.78 Å². The molecule has 0 aliphatic heterocycles. The van der Waals surface area contributed by atoms with Gasteiger partial charge in [-0.25, -0.2) is 0 Å². The lowest BCUT2D eigenvalue weighted by Crippen LogP contribution is -2.37. The van der Waals surface area contributed by atoms with Crippen LogP contribution < -0.4 is 0 Å². The molecule has 1 amide bonds. The molecular formula is C20H39NO4. The number of Topliss-reactive ketones (excluding diaryl/α,β-unsaturated/α-hetero) is 1. The lowest BCUT2D eigenvalue weighted by atomic mass is 9.80. The zero-order chi connectivity index (χ0) is 19.3. The van der Waals surface area contributed by atoms with Gasteiger partial charge < -0.3 is 14.7 Å². The Morgan fingerprint density at radius 2 is 1.72 bits per heavy atom. The zero-order valence-electron chi connectivity index (χ0n) is 17.0. The number of aliphatic hydroxyl groups is 1. The van der Waals surface area contributed by atoms with Gasteiger partial charge in [0.2, 0.25) is 5.91 Å². The quantitative estimate of drug-likeness (QED) is 0.455. The average Bonchev–Trinajstić information content (AvgIpc) is 2.57. The van der Waals surface area contributed by atoms with Crippen LogP contribution in [0.3, 0.4) is 0 Å².